The maximum absolute atomic E-state index is 12.8. The number of hydrogen-bond donors (Lipinski definition) is 1. The number of aromatic nitrogens is 2. The highest BCUT2D eigenvalue weighted by atomic mass is 16.6. The Morgan fingerprint density at radius 2 is 1.97 bits per heavy atom. The van der Waals surface area contributed by atoms with Crippen LogP contribution in [0.2, 0.25) is 0 Å². The van der Waals surface area contributed by atoms with E-state index in [-0.39, 0.29) is 18.2 Å². The smallest absolute Gasteiger partial charge is 0.429 e. The molecule has 2 heterocycles. The monoisotopic (exact) mass is 433 g/mol. The van der Waals surface area contributed by atoms with E-state index in [2.05, 4.69) is 10.3 Å². The van der Waals surface area contributed by atoms with E-state index < -0.39 is 29.4 Å². The van der Waals surface area contributed by atoms with Crippen LogP contribution in [-0.2, 0) is 19.1 Å². The number of imidazole rings is 1. The molecule has 2 rings (SSSR count). The summed E-state index contributed by atoms with van der Waals surface area (Å²) in [5.74, 6) is -1.66. The fourth-order valence-corrected chi connectivity index (χ4v) is 3.13. The number of piperazine rings is 1. The third kappa shape index (κ3) is 5.71. The number of nitrogens with zero attached hydrogens (tertiary/aromatic N) is 4. The molecule has 1 aliphatic rings. The lowest BCUT2D eigenvalue weighted by molar-refractivity contribution is -0.147. The summed E-state index contributed by atoms with van der Waals surface area (Å²) in [6, 6.07) is 0. The van der Waals surface area contributed by atoms with E-state index in [0.29, 0.717) is 24.4 Å². The van der Waals surface area contributed by atoms with Crippen molar-refractivity contribution in [2.45, 2.75) is 66.4 Å². The van der Waals surface area contributed by atoms with Crippen molar-refractivity contribution in [3.8, 4) is 0 Å². The van der Waals surface area contributed by atoms with Gasteiger partial charge in [0.05, 0.1) is 11.4 Å². The molecule has 1 aromatic rings. The van der Waals surface area contributed by atoms with Crippen molar-refractivity contribution in [2.24, 2.45) is 0 Å². The second-order valence-corrected chi connectivity index (χ2v) is 8.63. The lowest BCUT2D eigenvalue weighted by Gasteiger charge is -2.29. The highest BCUT2D eigenvalue weighted by molar-refractivity contribution is 6.12. The topological polar surface area (TPSA) is 114 Å². The molecule has 1 aromatic heterocycles. The van der Waals surface area contributed by atoms with Crippen LogP contribution in [0.5, 0.6) is 0 Å². The maximum atomic E-state index is 12.8. The minimum Gasteiger partial charge on any atom is -0.442 e. The normalized spacial score (nSPS) is 16.0. The Hall–Kier alpha value is -3.17. The average molecular weight is 434 g/mol. The Balaban J connectivity index is 2.51. The number of carbonyl (C=O) groups is 4. The largest absolute Gasteiger partial charge is 0.442 e. The molecule has 0 spiro atoms. The number of hydrogen-bond acceptors (Lipinski definition) is 6. The van der Waals surface area contributed by atoms with E-state index in [4.69, 9.17) is 4.74 Å². The molecule has 0 aromatic carbocycles. The van der Waals surface area contributed by atoms with Crippen molar-refractivity contribution < 1.29 is 23.9 Å². The summed E-state index contributed by atoms with van der Waals surface area (Å²) in [4.78, 5) is 54.4. The van der Waals surface area contributed by atoms with Crippen LogP contribution < -0.4 is 10.3 Å². The van der Waals surface area contributed by atoms with Crippen molar-refractivity contribution in [3.05, 3.63) is 23.4 Å². The molecule has 0 atom stereocenters. The van der Waals surface area contributed by atoms with Gasteiger partial charge in [-0.05, 0) is 39.2 Å². The Bertz CT molecular complexity index is 910. The van der Waals surface area contributed by atoms with Gasteiger partial charge >= 0.3 is 6.09 Å². The standard InChI is InChI=1S/C21H31N5O5/c1-8-9-25(20(30)31-21(5,6)7)26-12-22-15(18(26)13(2)3)10-16-19(29)24(14(4)27)11-17(28)23-16/h10,12-13H,8-9,11H2,1-7H3,(H,23,28)/b16-10-. The van der Waals surface area contributed by atoms with E-state index >= 15 is 0 Å². The zero-order chi connectivity index (χ0) is 23.5. The predicted molar refractivity (Wildman–Crippen MR) is 114 cm³/mol. The van der Waals surface area contributed by atoms with Crippen LogP contribution in [0.3, 0.4) is 0 Å². The SMILES string of the molecule is CCCN(C(=O)OC(C)(C)C)n1cnc(/C=C2\NC(=O)CN(C(C)=O)C2=O)c1C(C)C. The molecular weight excluding hydrogens is 402 g/mol. The van der Waals surface area contributed by atoms with Gasteiger partial charge in [-0.1, -0.05) is 20.8 Å². The van der Waals surface area contributed by atoms with Crippen molar-refractivity contribution >= 4 is 29.9 Å². The number of ether oxygens (including phenoxy) is 1. The van der Waals surface area contributed by atoms with Crippen molar-refractivity contribution in [3.63, 3.8) is 0 Å². The van der Waals surface area contributed by atoms with E-state index in [1.807, 2.05) is 20.8 Å². The van der Waals surface area contributed by atoms with Gasteiger partial charge in [0.1, 0.15) is 24.2 Å². The molecule has 0 unspecified atom stereocenters. The lowest BCUT2D eigenvalue weighted by Crippen LogP contribution is -2.51. The highest BCUT2D eigenvalue weighted by Crippen LogP contribution is 2.23. The summed E-state index contributed by atoms with van der Waals surface area (Å²) in [5, 5.41) is 3.96. The molecule has 1 saturated heterocycles. The lowest BCUT2D eigenvalue weighted by atomic mass is 10.1. The van der Waals surface area contributed by atoms with Crippen molar-refractivity contribution in [2.75, 3.05) is 18.1 Å². The fourth-order valence-electron chi connectivity index (χ4n) is 3.13. The number of nitrogens with one attached hydrogen (secondary N) is 1. The van der Waals surface area contributed by atoms with Gasteiger partial charge in [0, 0.05) is 13.5 Å². The number of amides is 4. The molecule has 0 radical (unpaired) electrons. The van der Waals surface area contributed by atoms with Gasteiger partial charge in [0.15, 0.2) is 0 Å². The number of imide groups is 1. The van der Waals surface area contributed by atoms with Crippen molar-refractivity contribution in [1.29, 1.82) is 0 Å². The van der Waals surface area contributed by atoms with Gasteiger partial charge < -0.3 is 10.1 Å². The fraction of sp³-hybridized carbons (Fsp3) is 0.571. The van der Waals surface area contributed by atoms with Crippen molar-refractivity contribution in [1.82, 2.24) is 19.9 Å². The van der Waals surface area contributed by atoms with Gasteiger partial charge in [-0.25, -0.2) is 19.5 Å². The summed E-state index contributed by atoms with van der Waals surface area (Å²) in [6.45, 7) is 12.5. The van der Waals surface area contributed by atoms with E-state index in [1.165, 1.54) is 24.3 Å². The maximum Gasteiger partial charge on any atom is 0.429 e. The highest BCUT2D eigenvalue weighted by Gasteiger charge is 2.32. The number of rotatable bonds is 5. The molecule has 31 heavy (non-hydrogen) atoms. The molecule has 0 aliphatic carbocycles. The third-order valence-electron chi connectivity index (χ3n) is 4.37. The quantitative estimate of drug-likeness (QED) is 0.712. The Morgan fingerprint density at radius 1 is 1.32 bits per heavy atom. The molecule has 170 valence electrons. The zero-order valence-corrected chi connectivity index (χ0v) is 19.2. The van der Waals surface area contributed by atoms with Gasteiger partial charge in [-0.2, -0.15) is 0 Å². The zero-order valence-electron chi connectivity index (χ0n) is 19.2. The van der Waals surface area contributed by atoms with Crippen LogP contribution >= 0.6 is 0 Å². The van der Waals surface area contributed by atoms with Crippen LogP contribution in [-0.4, -0.2) is 57.1 Å². The summed E-state index contributed by atoms with van der Waals surface area (Å²) >= 11 is 0. The van der Waals surface area contributed by atoms with E-state index in [1.54, 1.807) is 25.4 Å². The molecular formula is C21H31N5O5. The summed E-state index contributed by atoms with van der Waals surface area (Å²) < 4.78 is 7.16. The van der Waals surface area contributed by atoms with Gasteiger partial charge in [-0.3, -0.25) is 19.3 Å². The second kappa shape index (κ2) is 9.32. The third-order valence-corrected chi connectivity index (χ3v) is 4.37. The van der Waals surface area contributed by atoms with E-state index in [9.17, 15) is 19.2 Å². The molecule has 0 saturated carbocycles. The first-order valence-corrected chi connectivity index (χ1v) is 10.3. The van der Waals surface area contributed by atoms with Crippen LogP contribution in [0, 0.1) is 0 Å². The Kier molecular flexibility index (Phi) is 7.24. The molecule has 10 heteroatoms. The van der Waals surface area contributed by atoms with Crippen LogP contribution in [0.25, 0.3) is 6.08 Å². The van der Waals surface area contributed by atoms with Crippen LogP contribution in [0.4, 0.5) is 4.79 Å². The summed E-state index contributed by atoms with van der Waals surface area (Å²) in [5.41, 5.74) is 0.363. The minimum absolute atomic E-state index is 0.0436. The molecule has 10 nitrogen and oxygen atoms in total. The number of carbonyl (C=O) groups excluding carboxylic acids is 4. The first-order chi connectivity index (χ1) is 14.4. The Morgan fingerprint density at radius 3 is 2.48 bits per heavy atom. The first kappa shape index (κ1) is 24.1. The molecule has 1 N–H and O–H groups in total. The summed E-state index contributed by atoms with van der Waals surface area (Å²) in [7, 11) is 0. The predicted octanol–water partition coefficient (Wildman–Crippen LogP) is 2.14. The molecule has 0 bridgehead atoms. The summed E-state index contributed by atoms with van der Waals surface area (Å²) in [6.07, 6.45) is 3.09. The van der Waals surface area contributed by atoms with E-state index in [0.717, 1.165) is 4.90 Å². The van der Waals surface area contributed by atoms with Crippen LogP contribution in [0.1, 0.15) is 72.2 Å². The molecule has 1 fully saturated rings. The minimum atomic E-state index is -0.665. The van der Waals surface area contributed by atoms with Gasteiger partial charge in [0.25, 0.3) is 5.91 Å². The first-order valence-electron chi connectivity index (χ1n) is 10.3. The van der Waals surface area contributed by atoms with Gasteiger partial charge in [0.2, 0.25) is 11.8 Å². The Labute approximate surface area is 182 Å². The average Bonchev–Trinajstić information content (AvgIpc) is 3.04. The van der Waals surface area contributed by atoms with Gasteiger partial charge in [-0.15, -0.1) is 0 Å². The molecule has 4 amide bonds. The molecule has 1 aliphatic heterocycles. The van der Waals surface area contributed by atoms with Crippen LogP contribution in [0.15, 0.2) is 12.0 Å². The second-order valence-electron chi connectivity index (χ2n) is 8.63.